The van der Waals surface area contributed by atoms with E-state index in [0.717, 1.165) is 116 Å². The van der Waals surface area contributed by atoms with Crippen LogP contribution in [-0.2, 0) is 0 Å². The Morgan fingerprint density at radius 2 is 0.463 bits per heavy atom. The molecule has 9 aromatic heterocycles. The summed E-state index contributed by atoms with van der Waals surface area (Å²) in [4.78, 5) is 0. The molecule has 34 aromatic rings. The van der Waals surface area contributed by atoms with Crippen LogP contribution >= 0.6 is 22.7 Å². The zero-order valence-corrected chi connectivity index (χ0v) is 80.5. The predicted octanol–water partition coefficient (Wildman–Crippen LogP) is 40.3. The van der Waals surface area contributed by atoms with Crippen molar-refractivity contribution in [1.82, 2.24) is 13.7 Å². The van der Waals surface area contributed by atoms with E-state index >= 15 is 0 Å². The van der Waals surface area contributed by atoms with Crippen molar-refractivity contribution in [3.63, 3.8) is 0 Å². The second kappa shape index (κ2) is 31.8. The summed E-state index contributed by atoms with van der Waals surface area (Å²) in [6.07, 6.45) is 0. The van der Waals surface area contributed by atoms with Crippen molar-refractivity contribution in [2.24, 2.45) is 0 Å². The Morgan fingerprint density at radius 3 is 0.932 bits per heavy atom. The van der Waals surface area contributed by atoms with Gasteiger partial charge in [-0.1, -0.05) is 291 Å². The molecule has 0 atom stereocenters. The molecule has 0 spiro atoms. The van der Waals surface area contributed by atoms with Crippen molar-refractivity contribution in [2.75, 3.05) is 0 Å². The summed E-state index contributed by atoms with van der Waals surface area (Å²) >= 11 is 3.78. The van der Waals surface area contributed by atoms with E-state index in [1.807, 2.05) is 46.9 Å². The highest BCUT2D eigenvalue weighted by Gasteiger charge is 2.29. The molecule has 0 aliphatic heterocycles. The summed E-state index contributed by atoms with van der Waals surface area (Å²) in [6, 6.07) is 174. The number of hydrogen-bond donors (Lipinski definition) is 0. The molecule has 0 saturated heterocycles. The van der Waals surface area contributed by atoms with Crippen LogP contribution in [-0.4, -0.2) is 13.7 Å². The quantitative estimate of drug-likeness (QED) is 0.149. The molecule has 0 unspecified atom stereocenters. The lowest BCUT2D eigenvalue weighted by Gasteiger charge is -2.20. The van der Waals surface area contributed by atoms with Gasteiger partial charge < -0.3 is 31.4 Å². The molecule has 0 aliphatic rings. The van der Waals surface area contributed by atoms with Crippen LogP contribution in [0, 0.1) is 0 Å². The molecule has 9 heterocycles. The Bertz CT molecular complexity index is 11600. The van der Waals surface area contributed by atoms with E-state index in [9.17, 15) is 0 Å². The average molecular weight is 1910 g/mol. The molecule has 0 radical (unpaired) electrons. The van der Waals surface area contributed by atoms with Crippen molar-refractivity contribution >= 4 is 281 Å². The third kappa shape index (κ3) is 12.4. The van der Waals surface area contributed by atoms with Gasteiger partial charge >= 0.3 is 0 Å². The largest absolute Gasteiger partial charge is 0.456 e. The topological polar surface area (TPSA) is 67.3 Å². The van der Waals surface area contributed by atoms with Crippen molar-refractivity contribution in [2.45, 2.75) is 0 Å². The van der Waals surface area contributed by atoms with Gasteiger partial charge in [0, 0.05) is 144 Å². The Morgan fingerprint density at radius 1 is 0.143 bits per heavy atom. The zero-order valence-electron chi connectivity index (χ0n) is 78.9. The van der Waals surface area contributed by atoms with E-state index in [0.29, 0.717) is 0 Å². The highest BCUT2D eigenvalue weighted by molar-refractivity contribution is 7.26. The fourth-order valence-electron chi connectivity index (χ4n) is 24.6. The van der Waals surface area contributed by atoms with Crippen molar-refractivity contribution in [3.8, 4) is 61.6 Å². The summed E-state index contributed by atoms with van der Waals surface area (Å²) in [5.74, 6) is 0. The fourth-order valence-corrected chi connectivity index (χ4v) is 27.0. The Kier molecular flexibility index (Phi) is 17.7. The lowest BCUT2D eigenvalue weighted by atomic mass is 9.83. The van der Waals surface area contributed by atoms with Crippen LogP contribution in [0.1, 0.15) is 0 Å². The molecule has 0 fully saturated rings. The summed E-state index contributed by atoms with van der Waals surface area (Å²) in [5, 5.41) is 36.4. The number of thiophene rings is 2. The van der Waals surface area contributed by atoms with E-state index in [-0.39, 0.29) is 0 Å². The molecule has 0 N–H and O–H groups in total. The zero-order chi connectivity index (χ0) is 95.9. The van der Waals surface area contributed by atoms with E-state index < -0.39 is 0 Å². The van der Waals surface area contributed by atoms with Gasteiger partial charge in [-0.3, -0.25) is 0 Å². The van der Waals surface area contributed by atoms with Crippen LogP contribution in [0.15, 0.2) is 497 Å². The minimum absolute atomic E-state index is 0.900. The van der Waals surface area contributed by atoms with Crippen LogP contribution in [0.25, 0.3) is 320 Å². The maximum atomic E-state index is 6.60. The summed E-state index contributed by atoms with van der Waals surface area (Å²) in [7, 11) is 0. The van der Waals surface area contributed by atoms with Crippen LogP contribution in [0.2, 0.25) is 0 Å². The second-order valence-electron chi connectivity index (χ2n) is 39.0. The number of nitrogens with zero attached hydrogens (tertiary/aromatic N) is 3. The Hall–Kier alpha value is -18.9. The van der Waals surface area contributed by atoms with Gasteiger partial charge in [0.2, 0.25) is 0 Å². The molecule has 0 aliphatic carbocycles. The van der Waals surface area contributed by atoms with Crippen LogP contribution < -0.4 is 0 Å². The molecule has 682 valence electrons. The van der Waals surface area contributed by atoms with Crippen molar-refractivity contribution < 1.29 is 17.7 Å². The van der Waals surface area contributed by atoms with Crippen LogP contribution in [0.3, 0.4) is 0 Å². The minimum atomic E-state index is 0.900. The molecule has 25 aromatic carbocycles. The number of benzene rings is 25. The van der Waals surface area contributed by atoms with Gasteiger partial charge in [0.05, 0.1) is 33.1 Å². The molecular weight excluding hydrogens is 1830 g/mol. The summed E-state index contributed by atoms with van der Waals surface area (Å²) in [6.45, 7) is 0. The van der Waals surface area contributed by atoms with Gasteiger partial charge in [-0.2, -0.15) is 0 Å². The van der Waals surface area contributed by atoms with Crippen molar-refractivity contribution in [1.29, 1.82) is 0 Å². The SMILES string of the molecule is c1ccc(-c2c(-c3cccc4c3sc3ccccc34)c3cc4c5ccccc5n(-c5ccccc5)c4cc3c3cc4c(cc23)oc2ccccc24)cc1.c1ccc(-n2c3ccccc3c3cc4c(-c5ccc6oc7ccccc7c6c5)cc5cc6oc7ccccc7c6cc5c4cc32)cc1.c1ccc(-n2c3ccccc3c3cc4c(-c5cccc6c5sc5ccccc56)cc5cc6oc7ccccc7c6cc5c4cc32)cc1. The molecule has 0 bridgehead atoms. The summed E-state index contributed by atoms with van der Waals surface area (Å²) < 4.78 is 38.1. The van der Waals surface area contributed by atoms with E-state index in [4.69, 9.17) is 17.7 Å². The molecular formula is C138H79N3O4S2. The number of aromatic nitrogens is 3. The first kappa shape index (κ1) is 81.8. The molecule has 0 saturated carbocycles. The Labute approximate surface area is 846 Å². The van der Waals surface area contributed by atoms with Crippen LogP contribution in [0.5, 0.6) is 0 Å². The first-order valence-electron chi connectivity index (χ1n) is 50.1. The smallest absolute Gasteiger partial charge is 0.136 e. The highest BCUT2D eigenvalue weighted by atomic mass is 32.1. The molecule has 7 nitrogen and oxygen atoms in total. The molecule has 34 rings (SSSR count). The number of furan rings is 4. The monoisotopic (exact) mass is 1910 g/mol. The predicted molar refractivity (Wildman–Crippen MR) is 624 cm³/mol. The van der Waals surface area contributed by atoms with Gasteiger partial charge in [-0.25, -0.2) is 0 Å². The van der Waals surface area contributed by atoms with E-state index in [1.165, 1.54) is 204 Å². The lowest BCUT2D eigenvalue weighted by Crippen LogP contribution is -1.95. The minimum Gasteiger partial charge on any atom is -0.456 e. The third-order valence-corrected chi connectivity index (χ3v) is 33.5. The number of rotatable bonds is 7. The summed E-state index contributed by atoms with van der Waals surface area (Å²) in [5.41, 5.74) is 27.7. The van der Waals surface area contributed by atoms with Gasteiger partial charge in [0.15, 0.2) is 0 Å². The van der Waals surface area contributed by atoms with Gasteiger partial charge in [0.1, 0.15) is 44.7 Å². The van der Waals surface area contributed by atoms with Crippen LogP contribution in [0.4, 0.5) is 0 Å². The van der Waals surface area contributed by atoms with Crippen molar-refractivity contribution in [3.05, 3.63) is 479 Å². The van der Waals surface area contributed by atoms with Gasteiger partial charge in [-0.15, -0.1) is 22.7 Å². The molecule has 147 heavy (non-hydrogen) atoms. The maximum absolute atomic E-state index is 6.60. The van der Waals surface area contributed by atoms with Gasteiger partial charge in [0.25, 0.3) is 0 Å². The van der Waals surface area contributed by atoms with E-state index in [1.54, 1.807) is 0 Å². The first-order valence-corrected chi connectivity index (χ1v) is 51.7. The van der Waals surface area contributed by atoms with Gasteiger partial charge in [-0.05, 0) is 286 Å². The third-order valence-electron chi connectivity index (χ3n) is 31.1. The molecule has 0 amide bonds. The number of fused-ring (bicyclic) bond motifs is 36. The fraction of sp³-hybridized carbons (Fsp3) is 0. The van der Waals surface area contributed by atoms with E-state index in [2.05, 4.69) is 469 Å². The first-order chi connectivity index (χ1) is 72.9. The number of para-hydroxylation sites is 10. The highest BCUT2D eigenvalue weighted by Crippen LogP contribution is 2.55. The normalized spacial score (nSPS) is 12.2. The second-order valence-corrected chi connectivity index (χ2v) is 41.1. The number of hydrogen-bond acceptors (Lipinski definition) is 6. The average Bonchev–Trinajstić information content (AvgIpc) is 1.67. The maximum Gasteiger partial charge on any atom is 0.136 e. The Balaban J connectivity index is 0.0000000982. The lowest BCUT2D eigenvalue weighted by molar-refractivity contribution is 0.668. The molecule has 9 heteroatoms. The standard InChI is InChI=1S/C50H29NOS.C44H25NO2.C44H25NOS/c1-3-14-30(15-4-1)48-42-29-46-40(33-19-8-11-24-45(33)52-46)26-37(42)38-28-44-39(32-18-7-10-23-43(32)51(44)31-16-5-2-6-17-31)27-41(38)49(48)36-22-13-21-35-34-20-9-12-25-47(34)53-50(35)36;1-2-10-28(11-3-1)45-39-15-7-4-12-29(39)36-24-34-32(26-18-19-43-37(20-26)30-13-5-8-16-41(30)46-43)21-27-22-44-38(23-33(27)35(34)25-40(36)45)31-14-6-9-17-42(31)47-44;1-2-11-27(12-3-1)45-39-18-7-4-13-28(39)37-24-35-34(32-17-10-16-31-30-15-6-9-20-43(30)47-44(31)32)21-26-22-42-38(23-33(26)36(35)25-40(37)45)29-14-5-8-19-41(29)46-42/h1-29H;2*1-25H.